The molecule has 0 atom stereocenters. The van der Waals surface area contributed by atoms with Gasteiger partial charge in [-0.3, -0.25) is 4.79 Å². The van der Waals surface area contributed by atoms with Crippen LogP contribution in [0.4, 0.5) is 4.39 Å². The number of aromatic hydroxyl groups is 1. The number of benzene rings is 1. The highest BCUT2D eigenvalue weighted by atomic mass is 19.1. The third kappa shape index (κ3) is 3.84. The number of amides is 1. The molecule has 122 valence electrons. The predicted octanol–water partition coefficient (Wildman–Crippen LogP) is 2.72. The molecular weight excluding hydrogens is 297 g/mol. The summed E-state index contributed by atoms with van der Waals surface area (Å²) in [6.45, 7) is 5.35. The maximum Gasteiger partial charge on any atom is 0.318 e. The minimum Gasteiger partial charge on any atom is -0.505 e. The van der Waals surface area contributed by atoms with Crippen molar-refractivity contribution in [2.75, 3.05) is 20.1 Å². The fourth-order valence-electron chi connectivity index (χ4n) is 2.13. The number of carbonyl (C=O) groups is 1. The minimum absolute atomic E-state index is 0.0450. The number of hydrogen-bond acceptors (Lipinski definition) is 3. The summed E-state index contributed by atoms with van der Waals surface area (Å²) in [5.74, 6) is -1.05. The fraction of sp³-hybridized carbons (Fsp3) is 0.294. The summed E-state index contributed by atoms with van der Waals surface area (Å²) in [4.78, 5) is 16.3. The van der Waals surface area contributed by atoms with Gasteiger partial charge in [0, 0.05) is 11.8 Å². The quantitative estimate of drug-likeness (QED) is 0.658. The first kappa shape index (κ1) is 16.9. The second-order valence-electron chi connectivity index (χ2n) is 5.57. The summed E-state index contributed by atoms with van der Waals surface area (Å²) in [5, 5.41) is 10.1. The van der Waals surface area contributed by atoms with E-state index in [1.165, 1.54) is 24.4 Å². The smallest absolute Gasteiger partial charge is 0.318 e. The summed E-state index contributed by atoms with van der Waals surface area (Å²) in [6.07, 6.45) is 1.45. The third-order valence-corrected chi connectivity index (χ3v) is 4.01. The van der Waals surface area contributed by atoms with E-state index in [9.17, 15) is 14.3 Å². The van der Waals surface area contributed by atoms with Crippen molar-refractivity contribution in [3.63, 3.8) is 0 Å². The summed E-state index contributed by atoms with van der Waals surface area (Å²) in [5.41, 5.74) is 3.92. The van der Waals surface area contributed by atoms with E-state index in [-0.39, 0.29) is 17.3 Å². The van der Waals surface area contributed by atoms with E-state index in [2.05, 4.69) is 10.4 Å². The van der Waals surface area contributed by atoms with Crippen molar-refractivity contribution in [1.82, 2.24) is 10.4 Å². The van der Waals surface area contributed by atoms with Crippen molar-refractivity contribution < 1.29 is 18.9 Å². The Morgan fingerprint density at radius 2 is 1.96 bits per heavy atom. The van der Waals surface area contributed by atoms with E-state index >= 15 is 0 Å². The zero-order valence-electron chi connectivity index (χ0n) is 13.5. The largest absolute Gasteiger partial charge is 0.505 e. The zero-order valence-corrected chi connectivity index (χ0v) is 13.5. The molecule has 0 bridgehead atoms. The average Bonchev–Trinajstić information content (AvgIpc) is 2.54. The molecule has 5 nitrogen and oxygen atoms in total. The first-order chi connectivity index (χ1) is 10.9. The number of halogens is 1. The van der Waals surface area contributed by atoms with Crippen LogP contribution in [-0.4, -0.2) is 40.7 Å². The predicted molar refractivity (Wildman–Crippen MR) is 86.0 cm³/mol. The van der Waals surface area contributed by atoms with Gasteiger partial charge in [-0.25, -0.2) is 14.0 Å². The second-order valence-corrected chi connectivity index (χ2v) is 5.57. The number of hydrogen-bond donors (Lipinski definition) is 2. The van der Waals surface area contributed by atoms with Crippen molar-refractivity contribution in [2.24, 2.45) is 0 Å². The lowest BCUT2D eigenvalue weighted by Gasteiger charge is -2.30. The van der Waals surface area contributed by atoms with Crippen LogP contribution in [0, 0.1) is 5.82 Å². The lowest BCUT2D eigenvalue weighted by Crippen LogP contribution is -2.57. The average molecular weight is 318 g/mol. The Morgan fingerprint density at radius 3 is 2.52 bits per heavy atom. The van der Waals surface area contributed by atoms with Crippen LogP contribution in [0.25, 0.3) is 11.1 Å². The van der Waals surface area contributed by atoms with Crippen molar-refractivity contribution >= 4 is 5.91 Å². The number of pyridine rings is 1. The molecule has 0 radical (unpaired) electrons. The van der Waals surface area contributed by atoms with Crippen LogP contribution in [0.3, 0.4) is 0 Å². The molecule has 0 aliphatic heterocycles. The van der Waals surface area contributed by atoms with Crippen LogP contribution in [0.15, 0.2) is 36.5 Å². The van der Waals surface area contributed by atoms with Crippen molar-refractivity contribution in [3.8, 4) is 16.9 Å². The first-order valence-electron chi connectivity index (χ1n) is 7.50. The normalized spacial score (nSPS) is 11.3. The molecule has 0 unspecified atom stereocenters. The van der Waals surface area contributed by atoms with Gasteiger partial charge in [0.2, 0.25) is 0 Å². The molecule has 2 aromatic rings. The summed E-state index contributed by atoms with van der Waals surface area (Å²) in [7, 11) is 1.88. The van der Waals surface area contributed by atoms with Crippen LogP contribution in [0.2, 0.25) is 0 Å². The van der Waals surface area contributed by atoms with Gasteiger partial charge in [0.15, 0.2) is 5.69 Å². The third-order valence-electron chi connectivity index (χ3n) is 4.01. The van der Waals surface area contributed by atoms with Crippen LogP contribution in [0.5, 0.6) is 5.75 Å². The Kier molecular flexibility index (Phi) is 4.95. The number of quaternary nitrogens is 1. The molecule has 0 aliphatic rings. The van der Waals surface area contributed by atoms with Gasteiger partial charge >= 0.3 is 5.91 Å². The summed E-state index contributed by atoms with van der Waals surface area (Å²) < 4.78 is 13.6. The molecule has 0 spiro atoms. The van der Waals surface area contributed by atoms with E-state index in [4.69, 9.17) is 0 Å². The molecule has 2 rings (SSSR count). The standard InChI is InChI=1S/C17H20FN3O2/c1-4-21(3,5-2)20-17(23)16-15(22)10-13(11-19-16)12-7-6-8-14(18)9-12/h6-11H,4-5H2,1-3H3,(H-,20,22,23)/p+1. The van der Waals surface area contributed by atoms with E-state index < -0.39 is 5.91 Å². The van der Waals surface area contributed by atoms with Crippen LogP contribution in [0.1, 0.15) is 24.3 Å². The van der Waals surface area contributed by atoms with Gasteiger partial charge in [0.05, 0.1) is 20.1 Å². The monoisotopic (exact) mass is 318 g/mol. The first-order valence-corrected chi connectivity index (χ1v) is 7.50. The molecule has 1 amide bonds. The van der Waals surface area contributed by atoms with E-state index in [0.29, 0.717) is 28.8 Å². The molecule has 0 saturated heterocycles. The number of rotatable bonds is 5. The van der Waals surface area contributed by atoms with Crippen LogP contribution in [-0.2, 0) is 0 Å². The van der Waals surface area contributed by atoms with Crippen LogP contribution >= 0.6 is 0 Å². The SMILES string of the molecule is CC[N+](C)(CC)NC(=O)c1ncc(-c2cccc(F)c2)cc1O. The molecule has 0 fully saturated rings. The van der Waals surface area contributed by atoms with Crippen molar-refractivity contribution in [1.29, 1.82) is 0 Å². The van der Waals surface area contributed by atoms with Gasteiger partial charge in [-0.1, -0.05) is 12.1 Å². The highest BCUT2D eigenvalue weighted by Gasteiger charge is 2.24. The van der Waals surface area contributed by atoms with E-state index in [0.717, 1.165) is 0 Å². The maximum atomic E-state index is 13.3. The summed E-state index contributed by atoms with van der Waals surface area (Å²) >= 11 is 0. The van der Waals surface area contributed by atoms with Gasteiger partial charge in [-0.2, -0.15) is 5.43 Å². The Balaban J connectivity index is 2.28. The molecule has 2 N–H and O–H groups in total. The Hall–Kier alpha value is -2.47. The van der Waals surface area contributed by atoms with Gasteiger partial charge < -0.3 is 5.11 Å². The lowest BCUT2D eigenvalue weighted by molar-refractivity contribution is -0.939. The molecule has 0 saturated carbocycles. The molecule has 1 heterocycles. The number of nitrogens with zero attached hydrogens (tertiary/aromatic N) is 2. The topological polar surface area (TPSA) is 62.2 Å². The second kappa shape index (κ2) is 6.75. The van der Waals surface area contributed by atoms with E-state index in [1.807, 2.05) is 20.9 Å². The Labute approximate surface area is 135 Å². The minimum atomic E-state index is -0.445. The van der Waals surface area contributed by atoms with Gasteiger partial charge in [-0.05, 0) is 37.6 Å². The van der Waals surface area contributed by atoms with Gasteiger partial charge in [0.25, 0.3) is 0 Å². The fourth-order valence-corrected chi connectivity index (χ4v) is 2.13. The molecule has 1 aromatic carbocycles. The summed E-state index contributed by atoms with van der Waals surface area (Å²) in [6, 6.07) is 7.39. The molecular formula is C17H21FN3O2+. The molecule has 1 aromatic heterocycles. The van der Waals surface area contributed by atoms with Gasteiger partial charge in [0.1, 0.15) is 11.6 Å². The van der Waals surface area contributed by atoms with Crippen molar-refractivity contribution in [3.05, 3.63) is 48.0 Å². The Morgan fingerprint density at radius 1 is 1.26 bits per heavy atom. The molecule has 0 aliphatic carbocycles. The maximum absolute atomic E-state index is 13.3. The Bertz CT molecular complexity index is 715. The number of nitrogens with one attached hydrogen (secondary N) is 1. The number of carbonyl (C=O) groups excluding carboxylic acids is 1. The number of aromatic nitrogens is 1. The van der Waals surface area contributed by atoms with Crippen molar-refractivity contribution in [2.45, 2.75) is 13.8 Å². The molecule has 23 heavy (non-hydrogen) atoms. The zero-order chi connectivity index (χ0) is 17.0. The lowest BCUT2D eigenvalue weighted by atomic mass is 10.1. The van der Waals surface area contributed by atoms with E-state index in [1.54, 1.807) is 12.1 Å². The highest BCUT2D eigenvalue weighted by Crippen LogP contribution is 2.25. The molecule has 6 heteroatoms. The van der Waals surface area contributed by atoms with Crippen LogP contribution < -0.4 is 5.43 Å². The van der Waals surface area contributed by atoms with Gasteiger partial charge in [-0.15, -0.1) is 0 Å². The highest BCUT2D eigenvalue weighted by molar-refractivity contribution is 5.94.